The number of methoxy groups -OCH3 is 1. The summed E-state index contributed by atoms with van der Waals surface area (Å²) in [7, 11) is 1.65. The van der Waals surface area contributed by atoms with Crippen molar-refractivity contribution in [3.05, 3.63) is 53.6 Å². The number of benzene rings is 1. The number of aromatic nitrogens is 2. The zero-order valence-electron chi connectivity index (χ0n) is 15.6. The minimum atomic E-state index is 0.104. The molecule has 1 aliphatic heterocycles. The van der Waals surface area contributed by atoms with Crippen molar-refractivity contribution >= 4 is 23.0 Å². The van der Waals surface area contributed by atoms with Crippen molar-refractivity contribution in [2.75, 3.05) is 19.0 Å². The summed E-state index contributed by atoms with van der Waals surface area (Å²) in [4.78, 5) is 15.9. The molecule has 0 aliphatic carbocycles. The van der Waals surface area contributed by atoms with Crippen LogP contribution < -0.4 is 14.8 Å². The lowest BCUT2D eigenvalue weighted by Gasteiger charge is -2.18. The normalized spacial score (nSPS) is 14.0. The van der Waals surface area contributed by atoms with Crippen LogP contribution in [0.2, 0.25) is 0 Å². The zero-order chi connectivity index (χ0) is 19.2. The van der Waals surface area contributed by atoms with E-state index in [0.717, 1.165) is 29.1 Å². The van der Waals surface area contributed by atoms with Crippen LogP contribution in [0.1, 0.15) is 25.8 Å². The third-order valence-corrected chi connectivity index (χ3v) is 4.17. The molecule has 0 fully saturated rings. The number of hydrogen-bond acceptors (Lipinski definition) is 6. The smallest absolute Gasteiger partial charge is 0.288 e. The molecule has 0 bridgehead atoms. The fourth-order valence-corrected chi connectivity index (χ4v) is 2.62. The number of amidine groups is 1. The largest absolute Gasteiger partial charge is 0.496 e. The van der Waals surface area contributed by atoms with Gasteiger partial charge in [-0.2, -0.15) is 0 Å². The Morgan fingerprint density at radius 2 is 2.07 bits per heavy atom. The van der Waals surface area contributed by atoms with Gasteiger partial charge in [-0.3, -0.25) is 4.99 Å². The second-order valence-corrected chi connectivity index (χ2v) is 6.04. The highest BCUT2D eigenvalue weighted by Crippen LogP contribution is 2.37. The number of nitrogens with zero attached hydrogens (tertiary/aromatic N) is 4. The summed E-state index contributed by atoms with van der Waals surface area (Å²) in [5.74, 6) is 3.00. The molecule has 138 valence electrons. The van der Waals surface area contributed by atoms with Gasteiger partial charge in [0, 0.05) is 0 Å². The summed E-state index contributed by atoms with van der Waals surface area (Å²) >= 11 is 0. The highest BCUT2D eigenvalue weighted by molar-refractivity contribution is 6.11. The van der Waals surface area contributed by atoms with E-state index in [-0.39, 0.29) is 11.9 Å². The van der Waals surface area contributed by atoms with E-state index in [1.807, 2.05) is 31.2 Å². The van der Waals surface area contributed by atoms with Crippen LogP contribution in [0.25, 0.3) is 10.4 Å². The Morgan fingerprint density at radius 3 is 2.74 bits per heavy atom. The van der Waals surface area contributed by atoms with Gasteiger partial charge in [-0.05, 0) is 37.1 Å². The molecule has 1 atom stereocenters. The van der Waals surface area contributed by atoms with Gasteiger partial charge in [-0.15, -0.1) is 4.98 Å². The Labute approximate surface area is 158 Å². The van der Waals surface area contributed by atoms with Gasteiger partial charge >= 0.3 is 0 Å². The van der Waals surface area contributed by atoms with E-state index < -0.39 is 0 Å². The first kappa shape index (κ1) is 18.4. The van der Waals surface area contributed by atoms with Gasteiger partial charge in [0.1, 0.15) is 17.3 Å². The average molecular weight is 363 g/mol. The molecule has 0 spiro atoms. The van der Waals surface area contributed by atoms with E-state index in [4.69, 9.17) is 16.0 Å². The van der Waals surface area contributed by atoms with Gasteiger partial charge < -0.3 is 19.6 Å². The van der Waals surface area contributed by atoms with E-state index in [1.165, 1.54) is 12.4 Å². The highest BCUT2D eigenvalue weighted by atomic mass is 16.5. The lowest BCUT2D eigenvalue weighted by Crippen LogP contribution is -2.11. The van der Waals surface area contributed by atoms with Crippen LogP contribution in [-0.4, -0.2) is 35.6 Å². The maximum atomic E-state index is 6.93. The molecular weight excluding hydrogens is 342 g/mol. The van der Waals surface area contributed by atoms with E-state index in [1.54, 1.807) is 7.11 Å². The van der Waals surface area contributed by atoms with Crippen LogP contribution in [-0.2, 0) is 0 Å². The Balaban J connectivity index is 1.84. The zero-order valence-corrected chi connectivity index (χ0v) is 15.6. The number of hydrogen-bond donors (Lipinski definition) is 1. The van der Waals surface area contributed by atoms with Crippen LogP contribution in [0.5, 0.6) is 11.5 Å². The van der Waals surface area contributed by atoms with Gasteiger partial charge in [-0.1, -0.05) is 19.6 Å². The van der Waals surface area contributed by atoms with Crippen molar-refractivity contribution < 1.29 is 9.47 Å². The molecule has 2 aromatic rings. The summed E-state index contributed by atoms with van der Waals surface area (Å²) in [6, 6.07) is 5.79. The first-order valence-corrected chi connectivity index (χ1v) is 8.70. The van der Waals surface area contributed by atoms with Gasteiger partial charge in [-0.25, -0.2) is 4.98 Å². The summed E-state index contributed by atoms with van der Waals surface area (Å²) in [6.45, 7) is 11.6. The topological polar surface area (TPSA) is 73.0 Å². The van der Waals surface area contributed by atoms with Crippen molar-refractivity contribution in [2.45, 2.75) is 26.4 Å². The molecule has 2 heterocycles. The summed E-state index contributed by atoms with van der Waals surface area (Å²) < 4.78 is 11.6. The molecule has 1 N–H and O–H groups in total. The van der Waals surface area contributed by atoms with Crippen LogP contribution in [0.15, 0.2) is 41.7 Å². The second kappa shape index (κ2) is 8.32. The van der Waals surface area contributed by atoms with Gasteiger partial charge in [0.15, 0.2) is 12.0 Å². The lowest BCUT2D eigenvalue weighted by atomic mass is 10.0. The van der Waals surface area contributed by atoms with Crippen LogP contribution >= 0.6 is 0 Å². The number of anilines is 1. The third-order valence-electron chi connectivity index (χ3n) is 4.17. The summed E-state index contributed by atoms with van der Waals surface area (Å²) in [5.41, 5.74) is 1.91. The molecule has 3 rings (SSSR count). The first-order valence-electron chi connectivity index (χ1n) is 8.70. The molecule has 7 heteroatoms. The monoisotopic (exact) mass is 363 g/mol. The van der Waals surface area contributed by atoms with E-state index >= 15 is 0 Å². The predicted molar refractivity (Wildman–Crippen MR) is 106 cm³/mol. The fourth-order valence-electron chi connectivity index (χ4n) is 2.62. The standard InChI is InChI=1S/C20H21N5O2/c1-5-13(2)27-16-8-6-7-15(26-4)20(16)14-9-17(22-10-14)25-19-12-23-18(21-3)11-24-19/h6-9,11-13H,5,10H2,1-2,4H3,(H,22,24,25)/t13-/m0/s1. The Kier molecular flexibility index (Phi) is 5.67. The molecule has 27 heavy (non-hydrogen) atoms. The molecular formula is C20H21N5O2. The van der Waals surface area contributed by atoms with Crippen LogP contribution in [0, 0.1) is 6.57 Å². The number of rotatable bonds is 6. The number of ether oxygens (including phenoxy) is 2. The van der Waals surface area contributed by atoms with E-state index in [9.17, 15) is 0 Å². The maximum Gasteiger partial charge on any atom is 0.288 e. The second-order valence-electron chi connectivity index (χ2n) is 6.04. The Bertz CT molecular complexity index is 913. The Morgan fingerprint density at radius 1 is 1.26 bits per heavy atom. The number of nitrogens with one attached hydrogen (secondary N) is 1. The molecule has 1 aliphatic rings. The van der Waals surface area contributed by atoms with E-state index in [2.05, 4.69) is 32.0 Å². The molecule has 0 saturated carbocycles. The third kappa shape index (κ3) is 4.23. The van der Waals surface area contributed by atoms with E-state index in [0.29, 0.717) is 18.2 Å². The highest BCUT2D eigenvalue weighted by Gasteiger charge is 2.20. The first-order chi connectivity index (χ1) is 13.1. The summed E-state index contributed by atoms with van der Waals surface area (Å²) in [6.07, 6.45) is 5.91. The maximum absolute atomic E-state index is 6.93. The lowest BCUT2D eigenvalue weighted by molar-refractivity contribution is 0.216. The molecule has 0 radical (unpaired) electrons. The van der Waals surface area contributed by atoms with Crippen molar-refractivity contribution in [3.63, 3.8) is 0 Å². The molecule has 7 nitrogen and oxygen atoms in total. The van der Waals surface area contributed by atoms with Crippen LogP contribution in [0.4, 0.5) is 11.6 Å². The van der Waals surface area contributed by atoms with Crippen LogP contribution in [0.3, 0.4) is 0 Å². The molecule has 0 amide bonds. The van der Waals surface area contributed by atoms with Gasteiger partial charge in [0.05, 0.1) is 31.5 Å². The number of aliphatic imine (C=N–C) groups is 1. The van der Waals surface area contributed by atoms with Crippen molar-refractivity contribution in [1.29, 1.82) is 0 Å². The molecule has 0 unspecified atom stereocenters. The molecule has 1 aromatic carbocycles. The summed E-state index contributed by atoms with van der Waals surface area (Å²) in [5, 5.41) is 3.12. The van der Waals surface area contributed by atoms with Crippen molar-refractivity contribution in [1.82, 2.24) is 9.97 Å². The minimum Gasteiger partial charge on any atom is -0.496 e. The van der Waals surface area contributed by atoms with Crippen molar-refractivity contribution in [3.8, 4) is 11.5 Å². The SMILES string of the molecule is [C-]#[N+]c1cnc(NC2=NCC(c3c(OC)cccc3O[C@@H](C)CC)=C2)cn1. The van der Waals surface area contributed by atoms with Crippen molar-refractivity contribution in [2.24, 2.45) is 4.99 Å². The minimum absolute atomic E-state index is 0.104. The Hall–Kier alpha value is -3.40. The van der Waals surface area contributed by atoms with Gasteiger partial charge in [0.2, 0.25) is 0 Å². The fraction of sp³-hybridized carbons (Fsp3) is 0.300. The average Bonchev–Trinajstić information content (AvgIpc) is 3.16. The molecule has 0 saturated heterocycles. The van der Waals surface area contributed by atoms with Gasteiger partial charge in [0.25, 0.3) is 5.82 Å². The molecule has 1 aromatic heterocycles. The predicted octanol–water partition coefficient (Wildman–Crippen LogP) is 4.12. The quantitative estimate of drug-likeness (QED) is 0.782.